The topological polar surface area (TPSA) is 66.7 Å². The highest BCUT2D eigenvalue weighted by Gasteiger charge is 2.30. The zero-order chi connectivity index (χ0) is 18.3. The standard InChI is InChI=1S/C17H15BrClN3O3S/c18-12-4-6-13(7-5-12)26(23,24)22-10-8-21(9-11-22)17-14-2-1-3-15(19)16(14)25-20-17/h1-7H,8-11H2. The van der Waals surface area contributed by atoms with Crippen LogP contribution in [-0.4, -0.2) is 44.1 Å². The van der Waals surface area contributed by atoms with E-state index in [9.17, 15) is 8.42 Å². The van der Waals surface area contributed by atoms with E-state index >= 15 is 0 Å². The molecule has 9 heteroatoms. The Morgan fingerprint density at radius 3 is 2.42 bits per heavy atom. The zero-order valence-electron chi connectivity index (χ0n) is 13.6. The van der Waals surface area contributed by atoms with Gasteiger partial charge in [-0.3, -0.25) is 0 Å². The quantitative estimate of drug-likeness (QED) is 0.600. The monoisotopic (exact) mass is 455 g/mol. The predicted molar refractivity (Wildman–Crippen MR) is 104 cm³/mol. The van der Waals surface area contributed by atoms with E-state index in [1.165, 1.54) is 4.31 Å². The van der Waals surface area contributed by atoms with E-state index in [-0.39, 0.29) is 0 Å². The lowest BCUT2D eigenvalue weighted by atomic mass is 10.2. The van der Waals surface area contributed by atoms with Crippen molar-refractivity contribution in [1.29, 1.82) is 0 Å². The first-order valence-electron chi connectivity index (χ1n) is 8.01. The molecule has 6 nitrogen and oxygen atoms in total. The number of sulfonamides is 1. The molecule has 136 valence electrons. The number of rotatable bonds is 3. The normalized spacial score (nSPS) is 16.3. The average Bonchev–Trinajstić information content (AvgIpc) is 3.08. The Kier molecular flexibility index (Phi) is 4.68. The zero-order valence-corrected chi connectivity index (χ0v) is 16.8. The molecule has 1 saturated heterocycles. The predicted octanol–water partition coefficient (Wildman–Crippen LogP) is 3.75. The lowest BCUT2D eigenvalue weighted by Crippen LogP contribution is -2.48. The summed E-state index contributed by atoms with van der Waals surface area (Å²) in [7, 11) is -3.50. The summed E-state index contributed by atoms with van der Waals surface area (Å²) in [4.78, 5) is 2.32. The summed E-state index contributed by atoms with van der Waals surface area (Å²) in [6, 6.07) is 12.2. The number of fused-ring (bicyclic) bond motifs is 1. The van der Waals surface area contributed by atoms with Crippen molar-refractivity contribution in [2.75, 3.05) is 31.1 Å². The van der Waals surface area contributed by atoms with Gasteiger partial charge in [0, 0.05) is 30.7 Å². The van der Waals surface area contributed by atoms with E-state index in [1.807, 2.05) is 17.0 Å². The Labute approximate surface area is 164 Å². The lowest BCUT2D eigenvalue weighted by molar-refractivity contribution is 0.379. The van der Waals surface area contributed by atoms with Crippen LogP contribution in [0.1, 0.15) is 0 Å². The second-order valence-electron chi connectivity index (χ2n) is 5.97. The molecule has 2 aromatic carbocycles. The summed E-state index contributed by atoms with van der Waals surface area (Å²) in [6.45, 7) is 1.83. The molecule has 0 amide bonds. The summed E-state index contributed by atoms with van der Waals surface area (Å²) < 4.78 is 33.3. The maximum atomic E-state index is 12.8. The van der Waals surface area contributed by atoms with Crippen LogP contribution in [0.4, 0.5) is 5.82 Å². The molecule has 0 aliphatic carbocycles. The van der Waals surface area contributed by atoms with Gasteiger partial charge in [0.25, 0.3) is 0 Å². The Balaban J connectivity index is 1.53. The Hall–Kier alpha value is -1.61. The minimum Gasteiger partial charge on any atom is -0.352 e. The van der Waals surface area contributed by atoms with Crippen molar-refractivity contribution in [3.05, 3.63) is 52.0 Å². The van der Waals surface area contributed by atoms with E-state index in [0.717, 1.165) is 9.86 Å². The molecule has 0 bridgehead atoms. The molecule has 1 aromatic heterocycles. The van der Waals surface area contributed by atoms with Crippen molar-refractivity contribution in [3.63, 3.8) is 0 Å². The maximum Gasteiger partial charge on any atom is 0.243 e. The van der Waals surface area contributed by atoms with E-state index in [0.29, 0.717) is 47.5 Å². The first-order chi connectivity index (χ1) is 12.5. The van der Waals surface area contributed by atoms with E-state index in [1.54, 1.807) is 30.3 Å². The molecule has 3 aromatic rings. The Bertz CT molecular complexity index is 1040. The van der Waals surface area contributed by atoms with E-state index in [2.05, 4.69) is 21.1 Å². The fourth-order valence-electron chi connectivity index (χ4n) is 3.04. The number of benzene rings is 2. The first-order valence-corrected chi connectivity index (χ1v) is 10.6. The molecule has 4 rings (SSSR count). The highest BCUT2D eigenvalue weighted by Crippen LogP contribution is 2.32. The number of anilines is 1. The summed E-state index contributed by atoms with van der Waals surface area (Å²) >= 11 is 9.45. The number of hydrogen-bond acceptors (Lipinski definition) is 5. The number of piperazine rings is 1. The van der Waals surface area contributed by atoms with E-state index < -0.39 is 10.0 Å². The van der Waals surface area contributed by atoms with Gasteiger partial charge in [0.1, 0.15) is 0 Å². The molecule has 0 radical (unpaired) electrons. The number of nitrogens with zero attached hydrogens (tertiary/aromatic N) is 3. The minimum atomic E-state index is -3.50. The van der Waals surface area contributed by atoms with Gasteiger partial charge < -0.3 is 9.42 Å². The number of para-hydroxylation sites is 1. The molecule has 0 saturated carbocycles. The summed E-state index contributed by atoms with van der Waals surface area (Å²) in [5, 5.41) is 5.47. The third-order valence-electron chi connectivity index (χ3n) is 4.42. The van der Waals surface area contributed by atoms with Gasteiger partial charge in [0.05, 0.1) is 15.3 Å². The number of hydrogen-bond donors (Lipinski definition) is 0. The van der Waals surface area contributed by atoms with Crippen LogP contribution in [0.5, 0.6) is 0 Å². The van der Waals surface area contributed by atoms with Crippen molar-refractivity contribution in [2.45, 2.75) is 4.90 Å². The van der Waals surface area contributed by atoms with Crippen LogP contribution in [0.25, 0.3) is 11.0 Å². The highest BCUT2D eigenvalue weighted by atomic mass is 79.9. The molecule has 1 aliphatic heterocycles. The average molecular weight is 457 g/mol. The van der Waals surface area contributed by atoms with Crippen LogP contribution >= 0.6 is 27.5 Å². The fourth-order valence-corrected chi connectivity index (χ4v) is 4.94. The molecule has 0 spiro atoms. The summed E-state index contributed by atoms with van der Waals surface area (Å²) in [5.41, 5.74) is 0.550. The van der Waals surface area contributed by atoms with Gasteiger partial charge in [-0.2, -0.15) is 4.31 Å². The maximum absolute atomic E-state index is 12.8. The van der Waals surface area contributed by atoms with Crippen LogP contribution in [0, 0.1) is 0 Å². The third kappa shape index (κ3) is 3.11. The van der Waals surface area contributed by atoms with Crippen LogP contribution in [0.15, 0.2) is 56.4 Å². The van der Waals surface area contributed by atoms with Crippen molar-refractivity contribution in [2.24, 2.45) is 0 Å². The Morgan fingerprint density at radius 2 is 1.73 bits per heavy atom. The number of halogens is 2. The van der Waals surface area contributed by atoms with Crippen molar-refractivity contribution >= 4 is 54.3 Å². The van der Waals surface area contributed by atoms with Crippen LogP contribution in [0.2, 0.25) is 5.02 Å². The van der Waals surface area contributed by atoms with Gasteiger partial charge in [-0.15, -0.1) is 0 Å². The lowest BCUT2D eigenvalue weighted by Gasteiger charge is -2.34. The molecule has 26 heavy (non-hydrogen) atoms. The smallest absolute Gasteiger partial charge is 0.243 e. The van der Waals surface area contributed by atoms with Gasteiger partial charge in [-0.1, -0.05) is 38.8 Å². The first kappa shape index (κ1) is 17.8. The molecule has 1 aliphatic rings. The Morgan fingerprint density at radius 1 is 1.04 bits per heavy atom. The molecular weight excluding hydrogens is 442 g/mol. The van der Waals surface area contributed by atoms with Gasteiger partial charge in [-0.05, 0) is 36.4 Å². The fraction of sp³-hybridized carbons (Fsp3) is 0.235. The number of aromatic nitrogens is 1. The molecule has 0 N–H and O–H groups in total. The van der Waals surface area contributed by atoms with Crippen LogP contribution in [-0.2, 0) is 10.0 Å². The van der Waals surface area contributed by atoms with Crippen molar-refractivity contribution in [3.8, 4) is 0 Å². The summed E-state index contributed by atoms with van der Waals surface area (Å²) in [5.74, 6) is 0.697. The third-order valence-corrected chi connectivity index (χ3v) is 7.16. The minimum absolute atomic E-state index is 0.299. The SMILES string of the molecule is O=S(=O)(c1ccc(Br)cc1)N1CCN(c2noc3c(Cl)cccc23)CC1. The van der Waals surface area contributed by atoms with Crippen molar-refractivity contribution < 1.29 is 12.9 Å². The second kappa shape index (κ2) is 6.84. The van der Waals surface area contributed by atoms with Gasteiger partial charge >= 0.3 is 0 Å². The molecule has 0 unspecified atom stereocenters. The second-order valence-corrected chi connectivity index (χ2v) is 9.23. The summed E-state index contributed by atoms with van der Waals surface area (Å²) in [6.07, 6.45) is 0. The van der Waals surface area contributed by atoms with Crippen LogP contribution in [0.3, 0.4) is 0 Å². The molecule has 0 atom stereocenters. The van der Waals surface area contributed by atoms with E-state index in [4.69, 9.17) is 16.1 Å². The van der Waals surface area contributed by atoms with Gasteiger partial charge in [0.15, 0.2) is 11.4 Å². The van der Waals surface area contributed by atoms with Crippen molar-refractivity contribution in [1.82, 2.24) is 9.46 Å². The largest absolute Gasteiger partial charge is 0.352 e. The molecule has 1 fully saturated rings. The van der Waals surface area contributed by atoms with Gasteiger partial charge in [-0.25, -0.2) is 8.42 Å². The molecular formula is C17H15BrClN3O3S. The van der Waals surface area contributed by atoms with Gasteiger partial charge in [0.2, 0.25) is 10.0 Å². The molecule has 2 heterocycles. The highest BCUT2D eigenvalue weighted by molar-refractivity contribution is 9.10. The van der Waals surface area contributed by atoms with Crippen LogP contribution < -0.4 is 4.90 Å².